The van der Waals surface area contributed by atoms with Crippen LogP contribution in [0.1, 0.15) is 37.3 Å². The summed E-state index contributed by atoms with van der Waals surface area (Å²) in [6.07, 6.45) is 5.69. The average Bonchev–Trinajstić information content (AvgIpc) is 3.21. The van der Waals surface area contributed by atoms with Gasteiger partial charge in [-0.25, -0.2) is 9.37 Å². The lowest BCUT2D eigenvalue weighted by Gasteiger charge is -2.25. The Kier molecular flexibility index (Phi) is 4.98. The predicted molar refractivity (Wildman–Crippen MR) is 120 cm³/mol. The van der Waals surface area contributed by atoms with E-state index in [-0.39, 0.29) is 5.92 Å². The van der Waals surface area contributed by atoms with Crippen molar-refractivity contribution in [3.05, 3.63) is 65.0 Å². The monoisotopic (exact) mass is 465 g/mol. The fourth-order valence-corrected chi connectivity index (χ4v) is 4.78. The van der Waals surface area contributed by atoms with E-state index in [2.05, 4.69) is 26.0 Å². The topological polar surface area (TPSA) is 69.1 Å². The number of benzene rings is 1. The molecule has 0 radical (unpaired) electrons. The van der Waals surface area contributed by atoms with E-state index in [1.165, 1.54) is 0 Å². The SMILES string of the molecule is Nc1c(Br)c(C2CCC[C@@H](F)C2)nc2c(-c3ccc(-c4ccccc4)nc3)cnn12. The molecule has 1 aliphatic rings. The number of alkyl halides is 1. The van der Waals surface area contributed by atoms with Crippen LogP contribution in [0, 0.1) is 0 Å². The van der Waals surface area contributed by atoms with Gasteiger partial charge >= 0.3 is 0 Å². The van der Waals surface area contributed by atoms with Crippen LogP contribution < -0.4 is 5.73 Å². The number of nitrogen functional groups attached to an aromatic ring is 1. The highest BCUT2D eigenvalue weighted by Crippen LogP contribution is 2.39. The molecule has 0 saturated heterocycles. The molecule has 7 heteroatoms. The molecule has 0 aliphatic heterocycles. The number of fused-ring (bicyclic) bond motifs is 1. The zero-order valence-corrected chi connectivity index (χ0v) is 17.9. The van der Waals surface area contributed by atoms with Crippen molar-refractivity contribution >= 4 is 27.4 Å². The number of nitrogens with zero attached hydrogens (tertiary/aromatic N) is 4. The van der Waals surface area contributed by atoms with Gasteiger partial charge in [-0.1, -0.05) is 36.4 Å². The number of hydrogen-bond acceptors (Lipinski definition) is 4. The molecule has 3 aromatic heterocycles. The number of rotatable bonds is 3. The maximum Gasteiger partial charge on any atom is 0.165 e. The minimum absolute atomic E-state index is 0.0526. The smallest absolute Gasteiger partial charge is 0.165 e. The fraction of sp³-hybridized carbons (Fsp3) is 0.261. The molecule has 4 aromatic rings. The fourth-order valence-electron chi connectivity index (χ4n) is 4.20. The Morgan fingerprint density at radius 3 is 2.60 bits per heavy atom. The first-order chi connectivity index (χ1) is 14.6. The van der Waals surface area contributed by atoms with E-state index >= 15 is 0 Å². The van der Waals surface area contributed by atoms with Crippen molar-refractivity contribution < 1.29 is 4.39 Å². The van der Waals surface area contributed by atoms with Crippen LogP contribution in [0.4, 0.5) is 10.2 Å². The lowest BCUT2D eigenvalue weighted by atomic mass is 9.85. The molecule has 0 spiro atoms. The van der Waals surface area contributed by atoms with E-state index in [0.717, 1.165) is 40.9 Å². The minimum atomic E-state index is -0.783. The summed E-state index contributed by atoms with van der Waals surface area (Å²) in [7, 11) is 0. The second-order valence-corrected chi connectivity index (χ2v) is 8.54. The molecule has 1 fully saturated rings. The van der Waals surface area contributed by atoms with Crippen LogP contribution >= 0.6 is 15.9 Å². The van der Waals surface area contributed by atoms with Gasteiger partial charge in [-0.05, 0) is 47.7 Å². The molecule has 5 nitrogen and oxygen atoms in total. The molecule has 2 N–H and O–H groups in total. The summed E-state index contributed by atoms with van der Waals surface area (Å²) in [5, 5.41) is 4.43. The number of halogens is 2. The summed E-state index contributed by atoms with van der Waals surface area (Å²) >= 11 is 3.57. The first-order valence-electron chi connectivity index (χ1n) is 10.1. The molecule has 0 amide bonds. The van der Waals surface area contributed by atoms with E-state index in [1.807, 2.05) is 48.7 Å². The van der Waals surface area contributed by atoms with Gasteiger partial charge in [0.2, 0.25) is 0 Å². The van der Waals surface area contributed by atoms with E-state index in [0.29, 0.717) is 28.8 Å². The van der Waals surface area contributed by atoms with Gasteiger partial charge in [0.25, 0.3) is 0 Å². The van der Waals surface area contributed by atoms with Crippen LogP contribution in [-0.4, -0.2) is 25.8 Å². The van der Waals surface area contributed by atoms with Gasteiger partial charge < -0.3 is 5.73 Å². The molecule has 1 saturated carbocycles. The molecule has 152 valence electrons. The maximum absolute atomic E-state index is 14.0. The van der Waals surface area contributed by atoms with Crippen molar-refractivity contribution in [1.82, 2.24) is 19.6 Å². The van der Waals surface area contributed by atoms with Crippen molar-refractivity contribution in [2.45, 2.75) is 37.8 Å². The summed E-state index contributed by atoms with van der Waals surface area (Å²) in [6.45, 7) is 0. The third-order valence-electron chi connectivity index (χ3n) is 5.79. The van der Waals surface area contributed by atoms with Crippen molar-refractivity contribution in [3.8, 4) is 22.4 Å². The highest BCUT2D eigenvalue weighted by atomic mass is 79.9. The highest BCUT2D eigenvalue weighted by molar-refractivity contribution is 9.10. The van der Waals surface area contributed by atoms with Crippen LogP contribution in [0.3, 0.4) is 0 Å². The lowest BCUT2D eigenvalue weighted by Crippen LogP contribution is -2.17. The van der Waals surface area contributed by atoms with Crippen LogP contribution in [0.15, 0.2) is 59.3 Å². The zero-order chi connectivity index (χ0) is 20.7. The van der Waals surface area contributed by atoms with E-state index in [9.17, 15) is 4.39 Å². The van der Waals surface area contributed by atoms with Crippen LogP contribution in [-0.2, 0) is 0 Å². The molecule has 2 atom stereocenters. The summed E-state index contributed by atoms with van der Waals surface area (Å²) in [6, 6.07) is 14.1. The Morgan fingerprint density at radius 2 is 1.87 bits per heavy atom. The molecular formula is C23H21BrFN5. The third-order valence-corrected chi connectivity index (χ3v) is 6.60. The van der Waals surface area contributed by atoms with Crippen molar-refractivity contribution in [1.29, 1.82) is 0 Å². The van der Waals surface area contributed by atoms with Crippen molar-refractivity contribution in [2.75, 3.05) is 5.73 Å². The lowest BCUT2D eigenvalue weighted by molar-refractivity contribution is 0.229. The zero-order valence-electron chi connectivity index (χ0n) is 16.3. The van der Waals surface area contributed by atoms with Gasteiger partial charge in [-0.15, -0.1) is 0 Å². The summed E-state index contributed by atoms with van der Waals surface area (Å²) in [5.74, 6) is 0.535. The van der Waals surface area contributed by atoms with Crippen LogP contribution in [0.25, 0.3) is 28.0 Å². The van der Waals surface area contributed by atoms with Gasteiger partial charge in [-0.3, -0.25) is 4.98 Å². The quantitative estimate of drug-likeness (QED) is 0.415. The molecule has 1 aromatic carbocycles. The number of pyridine rings is 1. The van der Waals surface area contributed by atoms with Gasteiger partial charge in [0.15, 0.2) is 5.65 Å². The Bertz CT molecular complexity index is 1190. The molecule has 0 bridgehead atoms. The van der Waals surface area contributed by atoms with Gasteiger partial charge in [0, 0.05) is 28.8 Å². The van der Waals surface area contributed by atoms with E-state index in [4.69, 9.17) is 10.7 Å². The second-order valence-electron chi connectivity index (χ2n) is 7.75. The Balaban J connectivity index is 1.57. The average molecular weight is 466 g/mol. The number of hydrogen-bond donors (Lipinski definition) is 1. The third kappa shape index (κ3) is 3.37. The molecule has 1 aliphatic carbocycles. The number of anilines is 1. The summed E-state index contributed by atoms with van der Waals surface area (Å²) < 4.78 is 16.4. The number of nitrogens with two attached hydrogens (primary N) is 1. The van der Waals surface area contributed by atoms with Gasteiger partial charge in [0.1, 0.15) is 12.0 Å². The molecular weight excluding hydrogens is 445 g/mol. The maximum atomic E-state index is 14.0. The first kappa shape index (κ1) is 19.2. The predicted octanol–water partition coefficient (Wildman–Crippen LogP) is 5.80. The number of aromatic nitrogens is 4. The van der Waals surface area contributed by atoms with E-state index in [1.54, 1.807) is 10.7 Å². The Labute approximate surface area is 182 Å². The Hall–Kier alpha value is -2.80. The first-order valence-corrected chi connectivity index (χ1v) is 10.9. The van der Waals surface area contributed by atoms with Crippen molar-refractivity contribution in [3.63, 3.8) is 0 Å². The molecule has 1 unspecified atom stereocenters. The largest absolute Gasteiger partial charge is 0.383 e. The second kappa shape index (κ2) is 7.80. The standard InChI is InChI=1S/C23H21BrFN5/c24-20-21(15-7-4-8-17(25)11-15)29-23-18(13-28-30(23)22(20)26)16-9-10-19(27-12-16)14-5-2-1-3-6-14/h1-3,5-6,9-10,12-13,15,17H,4,7-8,11,26H2/t15?,17-/m1/s1. The van der Waals surface area contributed by atoms with Gasteiger partial charge in [0.05, 0.1) is 22.1 Å². The minimum Gasteiger partial charge on any atom is -0.383 e. The Morgan fingerprint density at radius 1 is 1.03 bits per heavy atom. The van der Waals surface area contributed by atoms with Crippen LogP contribution in [0.5, 0.6) is 0 Å². The van der Waals surface area contributed by atoms with Gasteiger partial charge in [-0.2, -0.15) is 9.61 Å². The summed E-state index contributed by atoms with van der Waals surface area (Å²) in [5.41, 5.74) is 11.6. The molecule has 5 rings (SSSR count). The molecule has 30 heavy (non-hydrogen) atoms. The highest BCUT2D eigenvalue weighted by Gasteiger charge is 2.28. The summed E-state index contributed by atoms with van der Waals surface area (Å²) in [4.78, 5) is 9.51. The van der Waals surface area contributed by atoms with Crippen molar-refractivity contribution in [2.24, 2.45) is 0 Å². The van der Waals surface area contributed by atoms with E-state index < -0.39 is 6.17 Å². The van der Waals surface area contributed by atoms with Crippen LogP contribution in [0.2, 0.25) is 0 Å². The molecule has 3 heterocycles. The normalized spacial score (nSPS) is 19.3.